The molecule has 0 spiro atoms. The van der Waals surface area contributed by atoms with Crippen LogP contribution < -0.4 is 18.9 Å². The minimum Gasteiger partial charge on any atom is -0.497 e. The number of carbonyl (C=O) groups is 2. The molecule has 178 valence electrons. The van der Waals surface area contributed by atoms with Gasteiger partial charge in [0, 0.05) is 18.7 Å². The standard InChI is InChI=1S/C26H27NO7/c1-31-20-13-11-18(12-14-20)15-27(16-19-7-4-5-9-22(19)32-2)24(28)17-34-25-21(26(29)30)8-6-10-23(25)33-3/h4-14H,15-17H2,1-3H3,(H,29,30). The van der Waals surface area contributed by atoms with Gasteiger partial charge in [-0.3, -0.25) is 4.79 Å². The Morgan fingerprint density at radius 3 is 2.12 bits per heavy atom. The van der Waals surface area contributed by atoms with Crippen LogP contribution in [-0.4, -0.2) is 49.8 Å². The lowest BCUT2D eigenvalue weighted by molar-refractivity contribution is -0.134. The number of carboxylic acids is 1. The lowest BCUT2D eigenvalue weighted by Crippen LogP contribution is -2.34. The monoisotopic (exact) mass is 465 g/mol. The van der Waals surface area contributed by atoms with Gasteiger partial charge in [-0.2, -0.15) is 0 Å². The van der Waals surface area contributed by atoms with E-state index in [1.807, 2.05) is 48.5 Å². The summed E-state index contributed by atoms with van der Waals surface area (Å²) in [7, 11) is 4.58. The van der Waals surface area contributed by atoms with Gasteiger partial charge in [-0.05, 0) is 35.9 Å². The predicted molar refractivity (Wildman–Crippen MR) is 126 cm³/mol. The van der Waals surface area contributed by atoms with E-state index in [2.05, 4.69) is 0 Å². The average Bonchev–Trinajstić information content (AvgIpc) is 2.87. The van der Waals surface area contributed by atoms with Crippen molar-refractivity contribution in [1.82, 2.24) is 4.90 Å². The van der Waals surface area contributed by atoms with Crippen molar-refractivity contribution in [1.29, 1.82) is 0 Å². The number of carboxylic acid groups (broad SMARTS) is 1. The van der Waals surface area contributed by atoms with E-state index >= 15 is 0 Å². The molecular formula is C26H27NO7. The second-order valence-corrected chi connectivity index (χ2v) is 7.34. The number of hydrogen-bond acceptors (Lipinski definition) is 6. The summed E-state index contributed by atoms with van der Waals surface area (Å²) in [5.41, 5.74) is 1.64. The maximum atomic E-state index is 13.3. The molecule has 8 heteroatoms. The second-order valence-electron chi connectivity index (χ2n) is 7.34. The number of nitrogens with zero attached hydrogens (tertiary/aromatic N) is 1. The van der Waals surface area contributed by atoms with Gasteiger partial charge in [0.2, 0.25) is 0 Å². The third-order valence-electron chi connectivity index (χ3n) is 5.21. The zero-order valence-electron chi connectivity index (χ0n) is 19.3. The highest BCUT2D eigenvalue weighted by Crippen LogP contribution is 2.31. The molecule has 3 aromatic rings. The fourth-order valence-corrected chi connectivity index (χ4v) is 3.44. The smallest absolute Gasteiger partial charge is 0.339 e. The van der Waals surface area contributed by atoms with Crippen LogP contribution in [-0.2, 0) is 17.9 Å². The SMILES string of the molecule is COc1ccc(CN(Cc2ccccc2OC)C(=O)COc2c(OC)cccc2C(=O)O)cc1. The molecule has 0 bridgehead atoms. The summed E-state index contributed by atoms with van der Waals surface area (Å²) in [6, 6.07) is 19.4. The van der Waals surface area contributed by atoms with Crippen molar-refractivity contribution in [2.45, 2.75) is 13.1 Å². The Morgan fingerprint density at radius 1 is 0.794 bits per heavy atom. The molecule has 0 saturated heterocycles. The number of methoxy groups -OCH3 is 3. The van der Waals surface area contributed by atoms with Crippen molar-refractivity contribution in [2.75, 3.05) is 27.9 Å². The first-order valence-corrected chi connectivity index (χ1v) is 10.5. The predicted octanol–water partition coefficient (Wildman–Crippen LogP) is 4.02. The summed E-state index contributed by atoms with van der Waals surface area (Å²) in [6.07, 6.45) is 0. The van der Waals surface area contributed by atoms with Gasteiger partial charge in [-0.15, -0.1) is 0 Å². The van der Waals surface area contributed by atoms with E-state index in [9.17, 15) is 14.7 Å². The highest BCUT2D eigenvalue weighted by Gasteiger charge is 2.21. The molecule has 0 saturated carbocycles. The molecule has 0 aromatic heterocycles. The van der Waals surface area contributed by atoms with E-state index in [-0.39, 0.29) is 36.1 Å². The highest BCUT2D eigenvalue weighted by molar-refractivity contribution is 5.92. The lowest BCUT2D eigenvalue weighted by Gasteiger charge is -2.24. The van der Waals surface area contributed by atoms with E-state index < -0.39 is 5.97 Å². The minimum atomic E-state index is -1.18. The first-order chi connectivity index (χ1) is 16.5. The van der Waals surface area contributed by atoms with Gasteiger partial charge in [0.25, 0.3) is 5.91 Å². The van der Waals surface area contributed by atoms with Crippen LogP contribution in [0.2, 0.25) is 0 Å². The molecule has 0 aliphatic carbocycles. The van der Waals surface area contributed by atoms with Gasteiger partial charge >= 0.3 is 5.97 Å². The largest absolute Gasteiger partial charge is 0.497 e. The lowest BCUT2D eigenvalue weighted by atomic mass is 10.1. The zero-order valence-corrected chi connectivity index (χ0v) is 19.3. The van der Waals surface area contributed by atoms with E-state index in [1.165, 1.54) is 13.2 Å². The van der Waals surface area contributed by atoms with E-state index in [0.717, 1.165) is 11.1 Å². The number of hydrogen-bond donors (Lipinski definition) is 1. The van der Waals surface area contributed by atoms with Gasteiger partial charge < -0.3 is 29.0 Å². The second kappa shape index (κ2) is 11.6. The molecule has 0 unspecified atom stereocenters. The van der Waals surface area contributed by atoms with Crippen molar-refractivity contribution in [3.05, 3.63) is 83.4 Å². The van der Waals surface area contributed by atoms with Crippen molar-refractivity contribution < 1.29 is 33.6 Å². The number of aromatic carboxylic acids is 1. The number of carbonyl (C=O) groups excluding carboxylic acids is 1. The van der Waals surface area contributed by atoms with Gasteiger partial charge in [0.1, 0.15) is 17.1 Å². The Kier molecular flexibility index (Phi) is 8.34. The summed E-state index contributed by atoms with van der Waals surface area (Å²) in [6.45, 7) is 0.212. The summed E-state index contributed by atoms with van der Waals surface area (Å²) in [4.78, 5) is 26.5. The summed E-state index contributed by atoms with van der Waals surface area (Å²) in [5.74, 6) is 0.113. The molecule has 0 fully saturated rings. The summed E-state index contributed by atoms with van der Waals surface area (Å²) in [5, 5.41) is 9.50. The molecule has 0 aliphatic rings. The van der Waals surface area contributed by atoms with E-state index in [4.69, 9.17) is 18.9 Å². The Labute approximate surface area is 198 Å². The van der Waals surface area contributed by atoms with Crippen molar-refractivity contribution in [2.24, 2.45) is 0 Å². The summed E-state index contributed by atoms with van der Waals surface area (Å²) < 4.78 is 21.6. The molecule has 0 radical (unpaired) electrons. The number of benzene rings is 3. The molecule has 0 atom stereocenters. The number of ether oxygens (including phenoxy) is 4. The minimum absolute atomic E-state index is 0.00698. The third kappa shape index (κ3) is 5.98. The Bertz CT molecular complexity index is 1130. The van der Waals surface area contributed by atoms with Gasteiger partial charge in [0.05, 0.1) is 21.3 Å². The fraction of sp³-hybridized carbons (Fsp3) is 0.231. The molecular weight excluding hydrogens is 438 g/mol. The molecule has 34 heavy (non-hydrogen) atoms. The van der Waals surface area contributed by atoms with Gasteiger partial charge in [0.15, 0.2) is 18.1 Å². The van der Waals surface area contributed by atoms with Crippen LogP contribution in [0.15, 0.2) is 66.7 Å². The zero-order chi connectivity index (χ0) is 24.5. The van der Waals surface area contributed by atoms with E-state index in [1.54, 1.807) is 31.3 Å². The van der Waals surface area contributed by atoms with Crippen LogP contribution in [0.3, 0.4) is 0 Å². The Morgan fingerprint density at radius 2 is 1.47 bits per heavy atom. The van der Waals surface area contributed by atoms with Crippen molar-refractivity contribution >= 4 is 11.9 Å². The molecule has 0 aliphatic heterocycles. The topological polar surface area (TPSA) is 94.5 Å². The molecule has 8 nitrogen and oxygen atoms in total. The average molecular weight is 466 g/mol. The molecule has 3 rings (SSSR count). The molecule has 3 aromatic carbocycles. The first kappa shape index (κ1) is 24.4. The van der Waals surface area contributed by atoms with Gasteiger partial charge in [-0.1, -0.05) is 36.4 Å². The number of rotatable bonds is 11. The van der Waals surface area contributed by atoms with Crippen LogP contribution in [0.25, 0.3) is 0 Å². The van der Waals surface area contributed by atoms with Crippen molar-refractivity contribution in [3.8, 4) is 23.0 Å². The fourth-order valence-electron chi connectivity index (χ4n) is 3.44. The normalized spacial score (nSPS) is 10.3. The quantitative estimate of drug-likeness (QED) is 0.457. The maximum absolute atomic E-state index is 13.3. The molecule has 1 amide bonds. The van der Waals surface area contributed by atoms with Crippen LogP contribution in [0.1, 0.15) is 21.5 Å². The molecule has 0 heterocycles. The first-order valence-electron chi connectivity index (χ1n) is 10.5. The van der Waals surface area contributed by atoms with Crippen LogP contribution in [0.5, 0.6) is 23.0 Å². The van der Waals surface area contributed by atoms with Crippen LogP contribution in [0.4, 0.5) is 0 Å². The van der Waals surface area contributed by atoms with Crippen molar-refractivity contribution in [3.63, 3.8) is 0 Å². The van der Waals surface area contributed by atoms with E-state index in [0.29, 0.717) is 18.0 Å². The molecule has 1 N–H and O–H groups in total. The third-order valence-corrected chi connectivity index (χ3v) is 5.21. The Balaban J connectivity index is 1.85. The number of amides is 1. The van der Waals surface area contributed by atoms with Crippen LogP contribution >= 0.6 is 0 Å². The number of para-hydroxylation sites is 2. The Hall–Kier alpha value is -4.20. The summed E-state index contributed by atoms with van der Waals surface area (Å²) >= 11 is 0. The maximum Gasteiger partial charge on any atom is 0.339 e. The van der Waals surface area contributed by atoms with Crippen LogP contribution in [0, 0.1) is 0 Å². The van der Waals surface area contributed by atoms with Gasteiger partial charge in [-0.25, -0.2) is 4.79 Å². The highest BCUT2D eigenvalue weighted by atomic mass is 16.5.